The summed E-state index contributed by atoms with van der Waals surface area (Å²) in [5.74, 6) is 0.622. The fourth-order valence-corrected chi connectivity index (χ4v) is 1.68. The lowest BCUT2D eigenvalue weighted by atomic mass is 10.1. The maximum Gasteiger partial charge on any atom is 0.319 e. The molecule has 2 amide bonds. The van der Waals surface area contributed by atoms with Crippen molar-refractivity contribution in [2.24, 2.45) is 10.9 Å². The molecule has 0 saturated heterocycles. The van der Waals surface area contributed by atoms with Crippen molar-refractivity contribution in [1.82, 2.24) is 5.32 Å². The number of nitrogens with two attached hydrogens (primary N) is 1. The number of anilines is 1. The fraction of sp³-hybridized carbons (Fsp3) is 0.385. The number of carbonyl (C=O) groups excluding carboxylic acids is 1. The van der Waals surface area contributed by atoms with E-state index < -0.39 is 12.1 Å². The Bertz CT molecular complexity index is 476. The second-order valence-corrected chi connectivity index (χ2v) is 4.20. The Labute approximate surface area is 117 Å². The van der Waals surface area contributed by atoms with Crippen LogP contribution >= 0.6 is 0 Å². The smallest absolute Gasteiger partial charge is 0.319 e. The SMILES string of the molecule is CCCC(NC(=O)Nc1cccc(OC)c1)/C(N)=N/O. The molecule has 7 nitrogen and oxygen atoms in total. The van der Waals surface area contributed by atoms with Crippen molar-refractivity contribution in [2.45, 2.75) is 25.8 Å². The standard InChI is InChI=1S/C13H20N4O3/c1-3-5-11(12(14)17-19)16-13(18)15-9-6-4-7-10(8-9)20-2/h4,6-8,11,19H,3,5H2,1-2H3,(H2,14,17)(H2,15,16,18). The lowest BCUT2D eigenvalue weighted by Gasteiger charge is -2.17. The Balaban J connectivity index is 2.65. The van der Waals surface area contributed by atoms with E-state index in [1.54, 1.807) is 31.4 Å². The minimum Gasteiger partial charge on any atom is -0.497 e. The van der Waals surface area contributed by atoms with Gasteiger partial charge in [0.05, 0.1) is 13.2 Å². The molecular formula is C13H20N4O3. The summed E-state index contributed by atoms with van der Waals surface area (Å²) < 4.78 is 5.07. The van der Waals surface area contributed by atoms with Crippen LogP contribution in [-0.2, 0) is 0 Å². The van der Waals surface area contributed by atoms with Crippen LogP contribution in [-0.4, -0.2) is 30.2 Å². The summed E-state index contributed by atoms with van der Waals surface area (Å²) in [6.45, 7) is 1.94. The van der Waals surface area contributed by atoms with Crippen LogP contribution in [0, 0.1) is 0 Å². The summed E-state index contributed by atoms with van der Waals surface area (Å²) in [5.41, 5.74) is 6.12. The Hall–Kier alpha value is -2.44. The number of rotatable bonds is 6. The number of urea groups is 1. The molecular weight excluding hydrogens is 260 g/mol. The van der Waals surface area contributed by atoms with Crippen molar-refractivity contribution in [3.05, 3.63) is 24.3 Å². The second kappa shape index (κ2) is 7.88. The zero-order chi connectivity index (χ0) is 15.0. The predicted molar refractivity (Wildman–Crippen MR) is 77.3 cm³/mol. The van der Waals surface area contributed by atoms with Gasteiger partial charge in [0.1, 0.15) is 5.75 Å². The first-order chi connectivity index (χ1) is 9.60. The van der Waals surface area contributed by atoms with Gasteiger partial charge in [0.2, 0.25) is 0 Å². The summed E-state index contributed by atoms with van der Waals surface area (Å²) in [6, 6.07) is 6.04. The van der Waals surface area contributed by atoms with Crippen LogP contribution < -0.4 is 21.1 Å². The van der Waals surface area contributed by atoms with Crippen LogP contribution in [0.15, 0.2) is 29.4 Å². The van der Waals surface area contributed by atoms with Crippen molar-refractivity contribution >= 4 is 17.6 Å². The predicted octanol–water partition coefficient (Wildman–Crippen LogP) is 1.73. The summed E-state index contributed by atoms with van der Waals surface area (Å²) in [6.07, 6.45) is 1.38. The number of nitrogens with one attached hydrogen (secondary N) is 2. The number of methoxy groups -OCH3 is 1. The number of hydrogen-bond donors (Lipinski definition) is 4. The van der Waals surface area contributed by atoms with Gasteiger partial charge in [-0.05, 0) is 18.6 Å². The van der Waals surface area contributed by atoms with Crippen molar-refractivity contribution in [3.8, 4) is 5.75 Å². The summed E-state index contributed by atoms with van der Waals surface area (Å²) in [4.78, 5) is 11.9. The Morgan fingerprint density at radius 2 is 2.30 bits per heavy atom. The monoisotopic (exact) mass is 280 g/mol. The molecule has 0 bridgehead atoms. The van der Waals surface area contributed by atoms with Gasteiger partial charge < -0.3 is 26.3 Å². The normalized spacial score (nSPS) is 12.6. The summed E-state index contributed by atoms with van der Waals surface area (Å²) in [5, 5.41) is 16.9. The molecule has 0 radical (unpaired) electrons. The zero-order valence-electron chi connectivity index (χ0n) is 11.6. The number of nitrogens with zero attached hydrogens (tertiary/aromatic N) is 1. The van der Waals surface area contributed by atoms with E-state index in [-0.39, 0.29) is 5.84 Å². The number of carbonyl (C=O) groups is 1. The van der Waals surface area contributed by atoms with Gasteiger partial charge in [-0.2, -0.15) is 0 Å². The number of ether oxygens (including phenoxy) is 1. The van der Waals surface area contributed by atoms with E-state index >= 15 is 0 Å². The van der Waals surface area contributed by atoms with Crippen LogP contribution in [0.1, 0.15) is 19.8 Å². The molecule has 7 heteroatoms. The highest BCUT2D eigenvalue weighted by Gasteiger charge is 2.16. The van der Waals surface area contributed by atoms with Crippen LogP contribution in [0.25, 0.3) is 0 Å². The summed E-state index contributed by atoms with van der Waals surface area (Å²) >= 11 is 0. The maximum atomic E-state index is 11.9. The Morgan fingerprint density at radius 3 is 2.90 bits per heavy atom. The van der Waals surface area contributed by atoms with Gasteiger partial charge in [0, 0.05) is 11.8 Å². The average molecular weight is 280 g/mol. The van der Waals surface area contributed by atoms with E-state index in [0.717, 1.165) is 6.42 Å². The van der Waals surface area contributed by atoms with Gasteiger partial charge in [-0.25, -0.2) is 4.79 Å². The first-order valence-corrected chi connectivity index (χ1v) is 6.29. The maximum absolute atomic E-state index is 11.9. The third kappa shape index (κ3) is 4.68. The topological polar surface area (TPSA) is 109 Å². The third-order valence-corrected chi connectivity index (χ3v) is 2.68. The van der Waals surface area contributed by atoms with Crippen LogP contribution in [0.2, 0.25) is 0 Å². The highest BCUT2D eigenvalue weighted by molar-refractivity contribution is 5.94. The average Bonchev–Trinajstić information content (AvgIpc) is 2.46. The molecule has 0 aromatic heterocycles. The Morgan fingerprint density at radius 1 is 1.55 bits per heavy atom. The van der Waals surface area contributed by atoms with E-state index in [0.29, 0.717) is 17.9 Å². The van der Waals surface area contributed by atoms with Gasteiger partial charge >= 0.3 is 6.03 Å². The van der Waals surface area contributed by atoms with E-state index in [1.807, 2.05) is 6.92 Å². The molecule has 0 heterocycles. The minimum absolute atomic E-state index is 0.0207. The van der Waals surface area contributed by atoms with Crippen LogP contribution in [0.4, 0.5) is 10.5 Å². The van der Waals surface area contributed by atoms with Crippen LogP contribution in [0.5, 0.6) is 5.75 Å². The number of oxime groups is 1. The molecule has 1 rings (SSSR count). The number of hydrogen-bond acceptors (Lipinski definition) is 4. The molecule has 5 N–H and O–H groups in total. The first-order valence-electron chi connectivity index (χ1n) is 6.29. The largest absolute Gasteiger partial charge is 0.497 e. The first kappa shape index (κ1) is 15.6. The van der Waals surface area contributed by atoms with E-state index in [4.69, 9.17) is 15.7 Å². The highest BCUT2D eigenvalue weighted by atomic mass is 16.5. The lowest BCUT2D eigenvalue weighted by Crippen LogP contribution is -2.46. The molecule has 1 aromatic rings. The van der Waals surface area contributed by atoms with Crippen molar-refractivity contribution < 1.29 is 14.7 Å². The molecule has 20 heavy (non-hydrogen) atoms. The lowest BCUT2D eigenvalue weighted by molar-refractivity contribution is 0.250. The third-order valence-electron chi connectivity index (χ3n) is 2.68. The highest BCUT2D eigenvalue weighted by Crippen LogP contribution is 2.16. The van der Waals surface area contributed by atoms with Gasteiger partial charge in [-0.1, -0.05) is 24.6 Å². The molecule has 110 valence electrons. The van der Waals surface area contributed by atoms with Crippen LogP contribution in [0.3, 0.4) is 0 Å². The van der Waals surface area contributed by atoms with Gasteiger partial charge in [-0.15, -0.1) is 0 Å². The van der Waals surface area contributed by atoms with E-state index in [9.17, 15) is 4.79 Å². The molecule has 0 saturated carbocycles. The fourth-order valence-electron chi connectivity index (χ4n) is 1.68. The van der Waals surface area contributed by atoms with Crippen molar-refractivity contribution in [3.63, 3.8) is 0 Å². The van der Waals surface area contributed by atoms with Crippen molar-refractivity contribution in [1.29, 1.82) is 0 Å². The summed E-state index contributed by atoms with van der Waals surface area (Å²) in [7, 11) is 1.55. The van der Waals surface area contributed by atoms with Gasteiger partial charge in [0.15, 0.2) is 5.84 Å². The quantitative estimate of drug-likeness (QED) is 0.275. The number of amidine groups is 1. The molecule has 0 aliphatic carbocycles. The van der Waals surface area contributed by atoms with Gasteiger partial charge in [0.25, 0.3) is 0 Å². The molecule has 0 spiro atoms. The Kier molecular flexibility index (Phi) is 6.15. The molecule has 0 fully saturated rings. The molecule has 1 aromatic carbocycles. The molecule has 0 aliphatic rings. The van der Waals surface area contributed by atoms with E-state index in [2.05, 4.69) is 15.8 Å². The molecule has 1 atom stereocenters. The van der Waals surface area contributed by atoms with Crippen molar-refractivity contribution in [2.75, 3.05) is 12.4 Å². The minimum atomic E-state index is -0.504. The number of benzene rings is 1. The number of amides is 2. The second-order valence-electron chi connectivity index (χ2n) is 4.20. The van der Waals surface area contributed by atoms with Gasteiger partial charge in [-0.3, -0.25) is 0 Å². The molecule has 0 aliphatic heterocycles. The zero-order valence-corrected chi connectivity index (χ0v) is 11.6. The molecule has 1 unspecified atom stereocenters. The van der Waals surface area contributed by atoms with E-state index in [1.165, 1.54) is 0 Å².